The van der Waals surface area contributed by atoms with E-state index >= 15 is 0 Å². The molecule has 0 spiro atoms. The Labute approximate surface area is 111 Å². The van der Waals surface area contributed by atoms with E-state index in [0.717, 1.165) is 18.2 Å². The first-order valence-electron chi connectivity index (χ1n) is 5.28. The number of aromatic carboxylic acids is 2. The average molecular weight is 279 g/mol. The molecule has 0 amide bonds. The number of nitrogens with zero attached hydrogens (tertiary/aromatic N) is 1. The molecular weight excluding hydrogens is 270 g/mol. The van der Waals surface area contributed by atoms with Crippen LogP contribution in [0.1, 0.15) is 20.9 Å². The van der Waals surface area contributed by atoms with E-state index in [4.69, 9.17) is 14.9 Å². The summed E-state index contributed by atoms with van der Waals surface area (Å²) in [6.45, 7) is 0. The van der Waals surface area contributed by atoms with Crippen LogP contribution >= 0.6 is 0 Å². The van der Waals surface area contributed by atoms with Crippen molar-refractivity contribution in [3.63, 3.8) is 0 Å². The molecule has 0 fully saturated rings. The van der Waals surface area contributed by atoms with Gasteiger partial charge in [-0.3, -0.25) is 0 Å². The second-order valence-electron chi connectivity index (χ2n) is 3.76. The lowest BCUT2D eigenvalue weighted by Gasteiger charge is -2.08. The van der Waals surface area contributed by atoms with Gasteiger partial charge in [-0.05, 0) is 6.07 Å². The van der Waals surface area contributed by atoms with Crippen LogP contribution < -0.4 is 4.74 Å². The highest BCUT2D eigenvalue weighted by Gasteiger charge is 2.20. The number of hydrogen-bond donors (Lipinski definition) is 3. The predicted octanol–water partition coefficient (Wildman–Crippen LogP) is 1.45. The molecule has 0 saturated carbocycles. The van der Waals surface area contributed by atoms with Crippen molar-refractivity contribution in [3.8, 4) is 22.8 Å². The van der Waals surface area contributed by atoms with Gasteiger partial charge in [-0.1, -0.05) is 5.16 Å². The molecule has 2 rings (SSSR count). The van der Waals surface area contributed by atoms with Crippen molar-refractivity contribution < 1.29 is 34.2 Å². The highest BCUT2D eigenvalue weighted by atomic mass is 16.5. The van der Waals surface area contributed by atoms with Crippen molar-refractivity contribution in [1.82, 2.24) is 5.16 Å². The van der Waals surface area contributed by atoms with Crippen LogP contribution in [0.3, 0.4) is 0 Å². The third-order valence-corrected chi connectivity index (χ3v) is 2.55. The summed E-state index contributed by atoms with van der Waals surface area (Å²) in [5.74, 6) is -3.34. The monoisotopic (exact) mass is 279 g/mol. The number of phenols is 1. The molecule has 104 valence electrons. The number of ether oxygens (including phenoxy) is 1. The Balaban J connectivity index is 2.58. The molecule has 0 aliphatic rings. The van der Waals surface area contributed by atoms with E-state index < -0.39 is 17.7 Å². The van der Waals surface area contributed by atoms with Crippen molar-refractivity contribution in [2.24, 2.45) is 0 Å². The van der Waals surface area contributed by atoms with Crippen molar-refractivity contribution in [1.29, 1.82) is 0 Å². The third-order valence-electron chi connectivity index (χ3n) is 2.55. The van der Waals surface area contributed by atoms with Gasteiger partial charge in [-0.25, -0.2) is 9.59 Å². The van der Waals surface area contributed by atoms with Crippen LogP contribution in [-0.2, 0) is 0 Å². The van der Waals surface area contributed by atoms with Gasteiger partial charge in [0.15, 0.2) is 0 Å². The van der Waals surface area contributed by atoms with Crippen molar-refractivity contribution in [2.45, 2.75) is 0 Å². The van der Waals surface area contributed by atoms with Gasteiger partial charge in [0.1, 0.15) is 22.8 Å². The third kappa shape index (κ3) is 2.26. The SMILES string of the molecule is COc1cc(O)c(-c2cc(C(=O)O)on2)cc1C(=O)O. The van der Waals surface area contributed by atoms with E-state index in [1.54, 1.807) is 0 Å². The van der Waals surface area contributed by atoms with Crippen LogP contribution in [0.15, 0.2) is 22.7 Å². The van der Waals surface area contributed by atoms with Gasteiger partial charge in [0.25, 0.3) is 0 Å². The maximum atomic E-state index is 11.1. The molecule has 8 heteroatoms. The molecule has 0 saturated heterocycles. The molecule has 1 aromatic carbocycles. The van der Waals surface area contributed by atoms with Gasteiger partial charge in [0.05, 0.1) is 7.11 Å². The van der Waals surface area contributed by atoms with Gasteiger partial charge >= 0.3 is 11.9 Å². The number of carboxylic acids is 2. The summed E-state index contributed by atoms with van der Waals surface area (Å²) in [4.78, 5) is 21.8. The number of carbonyl (C=O) groups is 2. The predicted molar refractivity (Wildman–Crippen MR) is 64.1 cm³/mol. The van der Waals surface area contributed by atoms with Gasteiger partial charge in [-0.15, -0.1) is 0 Å². The molecule has 2 aromatic rings. The Bertz CT molecular complexity index is 689. The van der Waals surface area contributed by atoms with Crippen LogP contribution in [0.25, 0.3) is 11.3 Å². The van der Waals surface area contributed by atoms with Crippen molar-refractivity contribution >= 4 is 11.9 Å². The molecule has 20 heavy (non-hydrogen) atoms. The van der Waals surface area contributed by atoms with Gasteiger partial charge in [0.2, 0.25) is 5.76 Å². The number of phenolic OH excluding ortho intramolecular Hbond substituents is 1. The fraction of sp³-hybridized carbons (Fsp3) is 0.0833. The highest BCUT2D eigenvalue weighted by molar-refractivity contribution is 5.94. The van der Waals surface area contributed by atoms with E-state index in [0.29, 0.717) is 0 Å². The number of rotatable bonds is 4. The first-order chi connectivity index (χ1) is 9.43. The maximum Gasteiger partial charge on any atom is 0.374 e. The first kappa shape index (κ1) is 13.4. The van der Waals surface area contributed by atoms with Crippen molar-refractivity contribution in [2.75, 3.05) is 7.11 Å². The fourth-order valence-corrected chi connectivity index (χ4v) is 1.61. The minimum Gasteiger partial charge on any atom is -0.507 e. The van der Waals surface area contributed by atoms with Crippen LogP contribution in [0, 0.1) is 0 Å². The molecule has 3 N–H and O–H groups in total. The summed E-state index contributed by atoms with van der Waals surface area (Å²) < 4.78 is 9.40. The Morgan fingerprint density at radius 3 is 2.40 bits per heavy atom. The number of methoxy groups -OCH3 is 1. The summed E-state index contributed by atoms with van der Waals surface area (Å²) in [6.07, 6.45) is 0. The van der Waals surface area contributed by atoms with E-state index in [1.807, 2.05) is 0 Å². The topological polar surface area (TPSA) is 130 Å². The highest BCUT2D eigenvalue weighted by Crippen LogP contribution is 2.35. The summed E-state index contributed by atoms with van der Waals surface area (Å²) in [6, 6.07) is 3.31. The molecule has 0 aliphatic heterocycles. The Morgan fingerprint density at radius 2 is 1.90 bits per heavy atom. The smallest absolute Gasteiger partial charge is 0.374 e. The molecule has 0 unspecified atom stereocenters. The fourth-order valence-electron chi connectivity index (χ4n) is 1.61. The lowest BCUT2D eigenvalue weighted by molar-refractivity contribution is 0.0649. The van der Waals surface area contributed by atoms with Crippen LogP contribution in [-0.4, -0.2) is 39.5 Å². The van der Waals surface area contributed by atoms with Gasteiger partial charge in [-0.2, -0.15) is 0 Å². The Morgan fingerprint density at radius 1 is 1.20 bits per heavy atom. The molecular formula is C12H9NO7. The normalized spacial score (nSPS) is 10.2. The van der Waals surface area contributed by atoms with Gasteiger partial charge in [0, 0.05) is 17.7 Å². The van der Waals surface area contributed by atoms with E-state index in [-0.39, 0.29) is 28.3 Å². The lowest BCUT2D eigenvalue weighted by Crippen LogP contribution is -2.01. The van der Waals surface area contributed by atoms with E-state index in [1.165, 1.54) is 7.11 Å². The lowest BCUT2D eigenvalue weighted by atomic mass is 10.1. The quantitative estimate of drug-likeness (QED) is 0.766. The zero-order valence-electron chi connectivity index (χ0n) is 10.2. The zero-order chi connectivity index (χ0) is 14.9. The minimum absolute atomic E-state index is 0.00468. The molecule has 1 aromatic heterocycles. The number of carboxylic acid groups (broad SMARTS) is 2. The molecule has 0 aliphatic carbocycles. The second kappa shape index (κ2) is 4.92. The molecule has 0 radical (unpaired) electrons. The summed E-state index contributed by atoms with van der Waals surface area (Å²) in [7, 11) is 1.26. The molecule has 1 heterocycles. The zero-order valence-corrected chi connectivity index (χ0v) is 10.2. The summed E-state index contributed by atoms with van der Waals surface area (Å²) in [5.41, 5.74) is -0.162. The second-order valence-corrected chi connectivity index (χ2v) is 3.76. The number of benzene rings is 1. The van der Waals surface area contributed by atoms with Crippen molar-refractivity contribution in [3.05, 3.63) is 29.5 Å². The minimum atomic E-state index is -1.32. The molecule has 0 atom stereocenters. The summed E-state index contributed by atoms with van der Waals surface area (Å²) in [5, 5.41) is 31.1. The Hall–Kier alpha value is -3.03. The molecule has 8 nitrogen and oxygen atoms in total. The standard InChI is InChI=1S/C12H9NO7/c1-19-9-4-8(14)5(2-6(9)11(15)16)7-3-10(12(17)18)20-13-7/h2-4,14H,1H3,(H,15,16)(H,17,18). The largest absolute Gasteiger partial charge is 0.507 e. The van der Waals surface area contributed by atoms with Crippen LogP contribution in [0.2, 0.25) is 0 Å². The summed E-state index contributed by atoms with van der Waals surface area (Å²) >= 11 is 0. The first-order valence-corrected chi connectivity index (χ1v) is 5.28. The van der Waals surface area contributed by atoms with Gasteiger partial charge < -0.3 is 24.6 Å². The van der Waals surface area contributed by atoms with Crippen LogP contribution in [0.4, 0.5) is 0 Å². The maximum absolute atomic E-state index is 11.1. The molecule has 0 bridgehead atoms. The van der Waals surface area contributed by atoms with Crippen LogP contribution in [0.5, 0.6) is 11.5 Å². The van der Waals surface area contributed by atoms with E-state index in [9.17, 15) is 14.7 Å². The average Bonchev–Trinajstić information content (AvgIpc) is 2.87. The number of aromatic hydroxyl groups is 1. The number of hydrogen-bond acceptors (Lipinski definition) is 6. The van der Waals surface area contributed by atoms with E-state index in [2.05, 4.69) is 9.68 Å². The number of aromatic nitrogens is 1. The Kier molecular flexibility index (Phi) is 3.30.